The Bertz CT molecular complexity index is 286. The van der Waals surface area contributed by atoms with Crippen molar-refractivity contribution >= 4 is 5.91 Å². The highest BCUT2D eigenvalue weighted by Crippen LogP contribution is 2.33. The number of carbonyl (C=O) groups excluding carboxylic acids is 1. The van der Waals surface area contributed by atoms with E-state index in [-0.39, 0.29) is 23.3 Å². The first kappa shape index (κ1) is 16.4. The minimum Gasteiger partial charge on any atom is -0.377 e. The maximum absolute atomic E-state index is 11.9. The van der Waals surface area contributed by atoms with Crippen LogP contribution in [0.4, 0.5) is 0 Å². The molecule has 0 aromatic heterocycles. The quantitative estimate of drug-likeness (QED) is 0.801. The average molecular weight is 270 g/mol. The average Bonchev–Trinajstić information content (AvgIpc) is 2.35. The molecule has 3 atom stereocenters. The van der Waals surface area contributed by atoms with E-state index >= 15 is 0 Å². The SMILES string of the molecule is CNCC(C)C(=O)NCC1CCCOC1C(C)(C)C. The Morgan fingerprint density at radius 3 is 2.68 bits per heavy atom. The van der Waals surface area contributed by atoms with E-state index < -0.39 is 0 Å². The van der Waals surface area contributed by atoms with Crippen LogP contribution in [0.15, 0.2) is 0 Å². The first-order chi connectivity index (χ1) is 8.86. The van der Waals surface area contributed by atoms with Crippen LogP contribution in [-0.2, 0) is 9.53 Å². The number of amides is 1. The first-order valence-electron chi connectivity index (χ1n) is 7.40. The summed E-state index contributed by atoms with van der Waals surface area (Å²) in [6.07, 6.45) is 2.48. The minimum atomic E-state index is 0.0163. The van der Waals surface area contributed by atoms with Gasteiger partial charge in [-0.25, -0.2) is 0 Å². The number of hydrogen-bond donors (Lipinski definition) is 2. The maximum Gasteiger partial charge on any atom is 0.224 e. The molecule has 0 saturated carbocycles. The molecular formula is C15H30N2O2. The number of carbonyl (C=O) groups is 1. The van der Waals surface area contributed by atoms with E-state index in [9.17, 15) is 4.79 Å². The van der Waals surface area contributed by atoms with E-state index in [1.54, 1.807) is 0 Å². The van der Waals surface area contributed by atoms with Crippen LogP contribution in [0.25, 0.3) is 0 Å². The molecule has 4 nitrogen and oxygen atoms in total. The van der Waals surface area contributed by atoms with Crippen molar-refractivity contribution in [1.82, 2.24) is 10.6 Å². The third-order valence-electron chi connectivity index (χ3n) is 3.79. The molecule has 3 unspecified atom stereocenters. The highest BCUT2D eigenvalue weighted by Gasteiger charge is 2.35. The lowest BCUT2D eigenvalue weighted by molar-refractivity contribution is -0.126. The van der Waals surface area contributed by atoms with Gasteiger partial charge in [0.2, 0.25) is 5.91 Å². The molecule has 1 aliphatic rings. The largest absolute Gasteiger partial charge is 0.377 e. The Labute approximate surface area is 117 Å². The summed E-state index contributed by atoms with van der Waals surface area (Å²) >= 11 is 0. The van der Waals surface area contributed by atoms with Crippen molar-refractivity contribution in [3.63, 3.8) is 0 Å². The number of hydrogen-bond acceptors (Lipinski definition) is 3. The summed E-state index contributed by atoms with van der Waals surface area (Å²) in [7, 11) is 1.87. The Kier molecular flexibility index (Phi) is 6.27. The molecule has 1 rings (SSSR count). The van der Waals surface area contributed by atoms with E-state index in [0.29, 0.717) is 5.92 Å². The van der Waals surface area contributed by atoms with Crippen LogP contribution in [0.3, 0.4) is 0 Å². The summed E-state index contributed by atoms with van der Waals surface area (Å²) in [5, 5.41) is 6.11. The monoisotopic (exact) mass is 270 g/mol. The van der Waals surface area contributed by atoms with Crippen LogP contribution >= 0.6 is 0 Å². The van der Waals surface area contributed by atoms with Crippen molar-refractivity contribution in [2.45, 2.75) is 46.6 Å². The second-order valence-electron chi connectivity index (χ2n) is 6.76. The van der Waals surface area contributed by atoms with E-state index in [2.05, 4.69) is 31.4 Å². The van der Waals surface area contributed by atoms with Gasteiger partial charge in [-0.15, -0.1) is 0 Å². The van der Waals surface area contributed by atoms with Gasteiger partial charge in [0.1, 0.15) is 0 Å². The van der Waals surface area contributed by atoms with Gasteiger partial charge in [0.25, 0.3) is 0 Å². The van der Waals surface area contributed by atoms with Crippen molar-refractivity contribution in [3.8, 4) is 0 Å². The van der Waals surface area contributed by atoms with Gasteiger partial charge in [-0.2, -0.15) is 0 Å². The number of nitrogens with one attached hydrogen (secondary N) is 2. The van der Waals surface area contributed by atoms with Crippen LogP contribution in [0.1, 0.15) is 40.5 Å². The van der Waals surface area contributed by atoms with Gasteiger partial charge in [-0.1, -0.05) is 27.7 Å². The normalized spacial score (nSPS) is 25.9. The van der Waals surface area contributed by atoms with Crippen LogP contribution < -0.4 is 10.6 Å². The zero-order valence-corrected chi connectivity index (χ0v) is 13.1. The second kappa shape index (κ2) is 7.25. The van der Waals surface area contributed by atoms with Crippen LogP contribution in [0, 0.1) is 17.3 Å². The highest BCUT2D eigenvalue weighted by atomic mass is 16.5. The predicted molar refractivity (Wildman–Crippen MR) is 78.0 cm³/mol. The Morgan fingerprint density at radius 2 is 2.11 bits per heavy atom. The molecule has 0 spiro atoms. The van der Waals surface area contributed by atoms with Gasteiger partial charge in [-0.05, 0) is 25.3 Å². The predicted octanol–water partition coefficient (Wildman–Crippen LogP) is 1.80. The van der Waals surface area contributed by atoms with Crippen LogP contribution in [0.5, 0.6) is 0 Å². The molecule has 0 aliphatic carbocycles. The van der Waals surface area contributed by atoms with Crippen LogP contribution in [-0.4, -0.2) is 38.8 Å². The molecule has 1 amide bonds. The maximum atomic E-state index is 11.9. The molecule has 1 aliphatic heterocycles. The smallest absolute Gasteiger partial charge is 0.224 e. The molecular weight excluding hydrogens is 240 g/mol. The third-order valence-corrected chi connectivity index (χ3v) is 3.79. The minimum absolute atomic E-state index is 0.0163. The number of rotatable bonds is 5. The lowest BCUT2D eigenvalue weighted by atomic mass is 9.78. The summed E-state index contributed by atoms with van der Waals surface area (Å²) in [6, 6.07) is 0. The van der Waals surface area contributed by atoms with Crippen LogP contribution in [0.2, 0.25) is 0 Å². The lowest BCUT2D eigenvalue weighted by Crippen LogP contribution is -2.46. The zero-order valence-electron chi connectivity index (χ0n) is 13.1. The van der Waals surface area contributed by atoms with Gasteiger partial charge in [-0.3, -0.25) is 4.79 Å². The van der Waals surface area contributed by atoms with Crippen molar-refractivity contribution in [2.75, 3.05) is 26.7 Å². The molecule has 1 saturated heterocycles. The zero-order chi connectivity index (χ0) is 14.5. The molecule has 4 heteroatoms. The molecule has 0 aromatic carbocycles. The lowest BCUT2D eigenvalue weighted by Gasteiger charge is -2.40. The van der Waals surface area contributed by atoms with Crippen molar-refractivity contribution in [3.05, 3.63) is 0 Å². The standard InChI is InChI=1S/C15H30N2O2/c1-11(9-16-5)14(18)17-10-12-7-6-8-19-13(12)15(2,3)4/h11-13,16H,6-10H2,1-5H3,(H,17,18). The molecule has 1 heterocycles. The highest BCUT2D eigenvalue weighted by molar-refractivity contribution is 5.78. The fourth-order valence-electron chi connectivity index (χ4n) is 2.81. The summed E-state index contributed by atoms with van der Waals surface area (Å²) in [4.78, 5) is 11.9. The fraction of sp³-hybridized carbons (Fsp3) is 0.933. The summed E-state index contributed by atoms with van der Waals surface area (Å²) in [6.45, 7) is 10.9. The summed E-state index contributed by atoms with van der Waals surface area (Å²) in [5.41, 5.74) is 0.131. The van der Waals surface area contributed by atoms with Gasteiger partial charge in [0.05, 0.1) is 6.10 Å². The van der Waals surface area contributed by atoms with Crippen molar-refractivity contribution in [2.24, 2.45) is 17.3 Å². The molecule has 0 radical (unpaired) electrons. The van der Waals surface area contributed by atoms with Gasteiger partial charge in [0.15, 0.2) is 0 Å². The number of ether oxygens (including phenoxy) is 1. The summed E-state index contributed by atoms with van der Waals surface area (Å²) in [5.74, 6) is 0.578. The molecule has 1 fully saturated rings. The molecule has 112 valence electrons. The summed E-state index contributed by atoms with van der Waals surface area (Å²) < 4.78 is 5.93. The Balaban J connectivity index is 2.47. The molecule has 2 N–H and O–H groups in total. The second-order valence-corrected chi connectivity index (χ2v) is 6.76. The van der Waals surface area contributed by atoms with E-state index in [1.165, 1.54) is 0 Å². The van der Waals surface area contributed by atoms with E-state index in [0.717, 1.165) is 32.5 Å². The van der Waals surface area contributed by atoms with Crippen molar-refractivity contribution in [1.29, 1.82) is 0 Å². The van der Waals surface area contributed by atoms with Gasteiger partial charge < -0.3 is 15.4 Å². The first-order valence-corrected chi connectivity index (χ1v) is 7.40. The molecule has 0 aromatic rings. The van der Waals surface area contributed by atoms with Gasteiger partial charge in [0, 0.05) is 31.5 Å². The third kappa shape index (κ3) is 5.11. The fourth-order valence-corrected chi connectivity index (χ4v) is 2.81. The van der Waals surface area contributed by atoms with E-state index in [1.807, 2.05) is 14.0 Å². The Hall–Kier alpha value is -0.610. The van der Waals surface area contributed by atoms with Crippen molar-refractivity contribution < 1.29 is 9.53 Å². The molecule has 0 bridgehead atoms. The van der Waals surface area contributed by atoms with E-state index in [4.69, 9.17) is 4.74 Å². The van der Waals surface area contributed by atoms with Gasteiger partial charge >= 0.3 is 0 Å². The Morgan fingerprint density at radius 1 is 1.42 bits per heavy atom. The topological polar surface area (TPSA) is 50.4 Å². The molecule has 19 heavy (non-hydrogen) atoms.